The highest BCUT2D eigenvalue weighted by molar-refractivity contribution is 7.18. The summed E-state index contributed by atoms with van der Waals surface area (Å²) >= 11 is 1.44. The predicted octanol–water partition coefficient (Wildman–Crippen LogP) is 0.994. The van der Waals surface area contributed by atoms with Crippen LogP contribution < -0.4 is 5.43 Å². The predicted molar refractivity (Wildman–Crippen MR) is 82.3 cm³/mol. The minimum absolute atomic E-state index is 0.00225. The number of H-pyrrole nitrogens is 1. The molecule has 118 valence electrons. The SMILES string of the molecule is CCOC(=O)c1c[nH]c2sc(CN3CCOCC3)nc2c1=O. The standard InChI is InChI=1S/C14H17N3O4S/c1-2-21-14(19)9-7-15-13-11(12(9)18)16-10(22-13)8-17-3-5-20-6-4-17/h7H,2-6,8H2,1H3,(H,15,18). The Balaban J connectivity index is 1.87. The fourth-order valence-corrected chi connectivity index (χ4v) is 3.30. The third-order valence-corrected chi connectivity index (χ3v) is 4.41. The topological polar surface area (TPSA) is 84.5 Å². The molecule has 0 atom stereocenters. The van der Waals surface area contributed by atoms with Crippen molar-refractivity contribution in [2.75, 3.05) is 32.9 Å². The molecule has 0 amide bonds. The highest BCUT2D eigenvalue weighted by Crippen LogP contribution is 2.19. The molecule has 0 aromatic carbocycles. The molecule has 2 aromatic rings. The van der Waals surface area contributed by atoms with Crippen molar-refractivity contribution in [3.8, 4) is 0 Å². The van der Waals surface area contributed by atoms with Gasteiger partial charge in [0.1, 0.15) is 20.9 Å². The molecule has 8 heteroatoms. The average Bonchev–Trinajstić information content (AvgIpc) is 2.92. The van der Waals surface area contributed by atoms with Crippen LogP contribution in [0.3, 0.4) is 0 Å². The van der Waals surface area contributed by atoms with Gasteiger partial charge in [0.15, 0.2) is 0 Å². The van der Waals surface area contributed by atoms with E-state index in [9.17, 15) is 9.59 Å². The Labute approximate surface area is 130 Å². The number of aromatic amines is 1. The van der Waals surface area contributed by atoms with Gasteiger partial charge in [-0.25, -0.2) is 9.78 Å². The van der Waals surface area contributed by atoms with Crippen LogP contribution in [0.15, 0.2) is 11.0 Å². The summed E-state index contributed by atoms with van der Waals surface area (Å²) in [7, 11) is 0. The molecular weight excluding hydrogens is 306 g/mol. The lowest BCUT2D eigenvalue weighted by molar-refractivity contribution is 0.0342. The van der Waals surface area contributed by atoms with E-state index in [1.165, 1.54) is 17.5 Å². The minimum atomic E-state index is -0.617. The molecule has 0 spiro atoms. The summed E-state index contributed by atoms with van der Waals surface area (Å²) in [6.45, 7) is 5.78. The van der Waals surface area contributed by atoms with Crippen molar-refractivity contribution in [2.45, 2.75) is 13.5 Å². The van der Waals surface area contributed by atoms with Crippen LogP contribution in [0.25, 0.3) is 10.3 Å². The van der Waals surface area contributed by atoms with E-state index in [0.717, 1.165) is 31.3 Å². The fraction of sp³-hybridized carbons (Fsp3) is 0.500. The molecule has 1 aliphatic rings. The van der Waals surface area contributed by atoms with E-state index in [4.69, 9.17) is 9.47 Å². The molecule has 3 heterocycles. The summed E-state index contributed by atoms with van der Waals surface area (Å²) in [6.07, 6.45) is 1.40. The Bertz CT molecular complexity index is 733. The number of aromatic nitrogens is 2. The first-order chi connectivity index (χ1) is 10.7. The number of hydrogen-bond donors (Lipinski definition) is 1. The summed E-state index contributed by atoms with van der Waals surface area (Å²) in [6, 6.07) is 0. The Kier molecular flexibility index (Phi) is 4.51. The Morgan fingerprint density at radius 2 is 2.27 bits per heavy atom. The van der Waals surface area contributed by atoms with Crippen LogP contribution in [0.1, 0.15) is 22.3 Å². The summed E-state index contributed by atoms with van der Waals surface area (Å²) in [4.78, 5) is 34.4. The fourth-order valence-electron chi connectivity index (χ4n) is 2.33. The second-order valence-electron chi connectivity index (χ2n) is 4.93. The molecule has 22 heavy (non-hydrogen) atoms. The van der Waals surface area contributed by atoms with Crippen LogP contribution in [-0.4, -0.2) is 53.7 Å². The van der Waals surface area contributed by atoms with E-state index in [-0.39, 0.29) is 17.6 Å². The van der Waals surface area contributed by atoms with Gasteiger partial charge in [0.05, 0.1) is 26.4 Å². The zero-order chi connectivity index (χ0) is 15.5. The molecule has 2 aromatic heterocycles. The van der Waals surface area contributed by atoms with Gasteiger partial charge in [-0.15, -0.1) is 0 Å². The Morgan fingerprint density at radius 3 is 3.00 bits per heavy atom. The lowest BCUT2D eigenvalue weighted by Gasteiger charge is -2.25. The number of nitrogens with zero attached hydrogens (tertiary/aromatic N) is 2. The maximum absolute atomic E-state index is 12.3. The van der Waals surface area contributed by atoms with Gasteiger partial charge < -0.3 is 14.5 Å². The number of nitrogens with one attached hydrogen (secondary N) is 1. The third kappa shape index (κ3) is 3.03. The maximum Gasteiger partial charge on any atom is 0.343 e. The minimum Gasteiger partial charge on any atom is -0.462 e. The number of thiazole rings is 1. The van der Waals surface area contributed by atoms with Crippen LogP contribution in [0.4, 0.5) is 0 Å². The normalized spacial score (nSPS) is 16.0. The van der Waals surface area contributed by atoms with E-state index >= 15 is 0 Å². The van der Waals surface area contributed by atoms with Crippen LogP contribution in [0, 0.1) is 0 Å². The number of carbonyl (C=O) groups is 1. The second-order valence-corrected chi connectivity index (χ2v) is 6.01. The molecule has 0 radical (unpaired) electrons. The Hall–Kier alpha value is -1.77. The van der Waals surface area contributed by atoms with Gasteiger partial charge in [0.2, 0.25) is 5.43 Å². The zero-order valence-electron chi connectivity index (χ0n) is 12.3. The highest BCUT2D eigenvalue weighted by Gasteiger charge is 2.18. The molecule has 0 bridgehead atoms. The molecular formula is C14H17N3O4S. The molecule has 1 saturated heterocycles. The number of ether oxygens (including phenoxy) is 2. The number of fused-ring (bicyclic) bond motifs is 1. The number of hydrogen-bond acceptors (Lipinski definition) is 7. The smallest absolute Gasteiger partial charge is 0.343 e. The molecule has 1 aliphatic heterocycles. The monoisotopic (exact) mass is 323 g/mol. The number of esters is 1. The maximum atomic E-state index is 12.3. The third-order valence-electron chi connectivity index (χ3n) is 3.44. The summed E-state index contributed by atoms with van der Waals surface area (Å²) in [5, 5.41) is 0.853. The molecule has 7 nitrogen and oxygen atoms in total. The van der Waals surface area contributed by atoms with Gasteiger partial charge in [0, 0.05) is 19.3 Å². The molecule has 0 saturated carbocycles. The highest BCUT2D eigenvalue weighted by atomic mass is 32.1. The zero-order valence-corrected chi connectivity index (χ0v) is 13.1. The van der Waals surface area contributed by atoms with Crippen molar-refractivity contribution in [2.24, 2.45) is 0 Å². The van der Waals surface area contributed by atoms with Crippen molar-refractivity contribution >= 4 is 27.7 Å². The number of pyridine rings is 1. The molecule has 1 fully saturated rings. The number of morpholine rings is 1. The van der Waals surface area contributed by atoms with Gasteiger partial charge in [-0.2, -0.15) is 0 Å². The lowest BCUT2D eigenvalue weighted by atomic mass is 10.2. The van der Waals surface area contributed by atoms with Gasteiger partial charge in [-0.3, -0.25) is 9.69 Å². The lowest BCUT2D eigenvalue weighted by Crippen LogP contribution is -2.35. The van der Waals surface area contributed by atoms with Crippen molar-refractivity contribution in [3.05, 3.63) is 27.0 Å². The van der Waals surface area contributed by atoms with Gasteiger partial charge in [-0.1, -0.05) is 11.3 Å². The first kappa shape index (κ1) is 15.1. The van der Waals surface area contributed by atoms with Crippen molar-refractivity contribution in [1.82, 2.24) is 14.9 Å². The molecule has 1 N–H and O–H groups in total. The Morgan fingerprint density at radius 1 is 1.50 bits per heavy atom. The van der Waals surface area contributed by atoms with E-state index in [1.807, 2.05) is 0 Å². The largest absolute Gasteiger partial charge is 0.462 e. The molecule has 0 aliphatic carbocycles. The van der Waals surface area contributed by atoms with E-state index in [2.05, 4.69) is 14.9 Å². The molecule has 3 rings (SSSR count). The first-order valence-corrected chi connectivity index (χ1v) is 7.99. The van der Waals surface area contributed by atoms with Gasteiger partial charge >= 0.3 is 5.97 Å². The van der Waals surface area contributed by atoms with E-state index in [0.29, 0.717) is 16.9 Å². The van der Waals surface area contributed by atoms with Crippen molar-refractivity contribution in [3.63, 3.8) is 0 Å². The van der Waals surface area contributed by atoms with Crippen LogP contribution >= 0.6 is 11.3 Å². The van der Waals surface area contributed by atoms with Crippen molar-refractivity contribution < 1.29 is 14.3 Å². The van der Waals surface area contributed by atoms with Crippen LogP contribution in [0.2, 0.25) is 0 Å². The van der Waals surface area contributed by atoms with E-state index in [1.54, 1.807) is 6.92 Å². The van der Waals surface area contributed by atoms with E-state index < -0.39 is 5.97 Å². The first-order valence-electron chi connectivity index (χ1n) is 7.17. The average molecular weight is 323 g/mol. The van der Waals surface area contributed by atoms with Crippen molar-refractivity contribution in [1.29, 1.82) is 0 Å². The van der Waals surface area contributed by atoms with Crippen LogP contribution in [0.5, 0.6) is 0 Å². The summed E-state index contributed by atoms with van der Waals surface area (Å²) < 4.78 is 10.2. The van der Waals surface area contributed by atoms with Gasteiger partial charge in [-0.05, 0) is 6.92 Å². The van der Waals surface area contributed by atoms with Crippen LogP contribution in [-0.2, 0) is 16.0 Å². The number of rotatable bonds is 4. The number of carbonyl (C=O) groups excluding carboxylic acids is 1. The second kappa shape index (κ2) is 6.55. The summed E-state index contributed by atoms with van der Waals surface area (Å²) in [5.41, 5.74) is -0.0759. The quantitative estimate of drug-likeness (QED) is 0.845. The van der Waals surface area contributed by atoms with Gasteiger partial charge in [0.25, 0.3) is 0 Å². The summed E-state index contributed by atoms with van der Waals surface area (Å²) in [5.74, 6) is -0.617. The molecule has 0 unspecified atom stereocenters.